The molecule has 0 aliphatic carbocycles. The van der Waals surface area contributed by atoms with E-state index in [4.69, 9.17) is 4.74 Å². The molecule has 0 aliphatic rings. The monoisotopic (exact) mass is 357 g/mol. The van der Waals surface area contributed by atoms with Crippen LogP contribution >= 0.6 is 0 Å². The number of hydrogen-bond acceptors (Lipinski definition) is 5. The van der Waals surface area contributed by atoms with Crippen LogP contribution in [0.2, 0.25) is 0 Å². The van der Waals surface area contributed by atoms with Crippen molar-refractivity contribution in [2.45, 2.75) is 13.8 Å². The minimum atomic E-state index is -0.499. The van der Waals surface area contributed by atoms with Crippen LogP contribution in [0.15, 0.2) is 48.5 Å². The highest BCUT2D eigenvalue weighted by atomic mass is 16.6. The molecular formula is C19H23N3O4. The number of benzene rings is 2. The molecule has 7 nitrogen and oxygen atoms in total. The zero-order chi connectivity index (χ0) is 18.9. The van der Waals surface area contributed by atoms with Crippen molar-refractivity contribution >= 4 is 17.3 Å². The van der Waals surface area contributed by atoms with Gasteiger partial charge in [-0.05, 0) is 37.4 Å². The van der Waals surface area contributed by atoms with Crippen LogP contribution in [0.5, 0.6) is 5.75 Å². The molecule has 7 heteroatoms. The predicted octanol–water partition coefficient (Wildman–Crippen LogP) is 3.57. The van der Waals surface area contributed by atoms with Crippen molar-refractivity contribution in [3.8, 4) is 5.75 Å². The molecule has 2 aromatic rings. The average Bonchev–Trinajstić information content (AvgIpc) is 2.66. The number of anilines is 1. The van der Waals surface area contributed by atoms with Gasteiger partial charge in [0.15, 0.2) is 0 Å². The van der Waals surface area contributed by atoms with Crippen LogP contribution in [-0.2, 0) is 0 Å². The smallest absolute Gasteiger partial charge is 0.269 e. The Morgan fingerprint density at radius 3 is 2.38 bits per heavy atom. The van der Waals surface area contributed by atoms with Crippen LogP contribution in [-0.4, -0.2) is 42.0 Å². The van der Waals surface area contributed by atoms with Crippen LogP contribution < -0.4 is 10.1 Å². The lowest BCUT2D eigenvalue weighted by atomic mass is 10.2. The zero-order valence-corrected chi connectivity index (χ0v) is 15.0. The van der Waals surface area contributed by atoms with Crippen molar-refractivity contribution in [3.63, 3.8) is 0 Å². The highest BCUT2D eigenvalue weighted by Crippen LogP contribution is 2.24. The molecular weight excluding hydrogens is 334 g/mol. The Bertz CT molecular complexity index is 743. The van der Waals surface area contributed by atoms with E-state index in [2.05, 4.69) is 24.1 Å². The molecule has 1 amide bonds. The van der Waals surface area contributed by atoms with Crippen LogP contribution in [0, 0.1) is 10.1 Å². The third-order valence-corrected chi connectivity index (χ3v) is 4.04. The highest BCUT2D eigenvalue weighted by Gasteiger charge is 2.12. The Morgan fingerprint density at radius 1 is 1.12 bits per heavy atom. The molecule has 2 aromatic carbocycles. The molecule has 0 saturated carbocycles. The fourth-order valence-corrected chi connectivity index (χ4v) is 2.45. The van der Waals surface area contributed by atoms with E-state index >= 15 is 0 Å². The normalized spacial score (nSPS) is 10.6. The van der Waals surface area contributed by atoms with Gasteiger partial charge in [0.25, 0.3) is 11.6 Å². The standard InChI is InChI=1S/C19H23N3O4/c1-3-21(4-2)13-14-26-18-8-6-5-7-17(18)20-19(23)15-9-11-16(12-10-15)22(24)25/h5-12H,3-4,13-14H2,1-2H3,(H,20,23). The van der Waals surface area contributed by atoms with Crippen molar-refractivity contribution in [2.75, 3.05) is 31.6 Å². The first-order valence-electron chi connectivity index (χ1n) is 8.55. The fraction of sp³-hybridized carbons (Fsp3) is 0.316. The summed E-state index contributed by atoms with van der Waals surface area (Å²) in [6, 6.07) is 12.7. The number of ether oxygens (including phenoxy) is 1. The maximum absolute atomic E-state index is 12.4. The lowest BCUT2D eigenvalue weighted by molar-refractivity contribution is -0.384. The van der Waals surface area contributed by atoms with E-state index < -0.39 is 4.92 Å². The Labute approximate surface area is 152 Å². The molecule has 0 aliphatic heterocycles. The van der Waals surface area contributed by atoms with Crippen molar-refractivity contribution in [1.29, 1.82) is 0 Å². The minimum Gasteiger partial charge on any atom is -0.490 e. The highest BCUT2D eigenvalue weighted by molar-refractivity contribution is 6.05. The summed E-state index contributed by atoms with van der Waals surface area (Å²) >= 11 is 0. The topological polar surface area (TPSA) is 84.7 Å². The van der Waals surface area contributed by atoms with E-state index in [1.165, 1.54) is 24.3 Å². The second kappa shape index (κ2) is 9.53. The van der Waals surface area contributed by atoms with Gasteiger partial charge in [0, 0.05) is 24.2 Å². The van der Waals surface area contributed by atoms with Gasteiger partial charge >= 0.3 is 0 Å². The number of likely N-dealkylation sites (N-methyl/N-ethyl adjacent to an activating group) is 1. The van der Waals surface area contributed by atoms with Gasteiger partial charge in [-0.3, -0.25) is 14.9 Å². The maximum Gasteiger partial charge on any atom is 0.269 e. The second-order valence-electron chi connectivity index (χ2n) is 5.63. The summed E-state index contributed by atoms with van der Waals surface area (Å²) in [4.78, 5) is 24.8. The number of nitro groups is 1. The van der Waals surface area contributed by atoms with Gasteiger partial charge in [-0.25, -0.2) is 0 Å². The summed E-state index contributed by atoms with van der Waals surface area (Å²) in [5.74, 6) is 0.245. The molecule has 0 saturated heterocycles. The Kier molecular flexibility index (Phi) is 7.11. The summed E-state index contributed by atoms with van der Waals surface area (Å²) in [5, 5.41) is 13.5. The summed E-state index contributed by atoms with van der Waals surface area (Å²) in [7, 11) is 0. The molecule has 0 bridgehead atoms. The molecule has 26 heavy (non-hydrogen) atoms. The number of carbonyl (C=O) groups is 1. The van der Waals surface area contributed by atoms with Gasteiger partial charge in [-0.2, -0.15) is 0 Å². The van der Waals surface area contributed by atoms with Gasteiger partial charge in [0.1, 0.15) is 12.4 Å². The van der Waals surface area contributed by atoms with Gasteiger partial charge in [-0.1, -0.05) is 26.0 Å². The van der Waals surface area contributed by atoms with Crippen molar-refractivity contribution in [2.24, 2.45) is 0 Å². The first-order chi connectivity index (χ1) is 12.5. The summed E-state index contributed by atoms with van der Waals surface area (Å²) in [6.07, 6.45) is 0. The number of carbonyl (C=O) groups excluding carboxylic acids is 1. The maximum atomic E-state index is 12.4. The van der Waals surface area contributed by atoms with Gasteiger partial charge < -0.3 is 15.0 Å². The Hall–Kier alpha value is -2.93. The van der Waals surface area contributed by atoms with Crippen LogP contribution in [0.3, 0.4) is 0 Å². The number of non-ortho nitro benzene ring substituents is 1. The largest absolute Gasteiger partial charge is 0.490 e. The minimum absolute atomic E-state index is 0.0540. The lowest BCUT2D eigenvalue weighted by Crippen LogP contribution is -2.28. The van der Waals surface area contributed by atoms with Gasteiger partial charge in [0.2, 0.25) is 0 Å². The van der Waals surface area contributed by atoms with Crippen LogP contribution in [0.25, 0.3) is 0 Å². The number of amides is 1. The van der Waals surface area contributed by atoms with Gasteiger partial charge in [-0.15, -0.1) is 0 Å². The lowest BCUT2D eigenvalue weighted by Gasteiger charge is -2.19. The van der Waals surface area contributed by atoms with Crippen LogP contribution in [0.1, 0.15) is 24.2 Å². The number of nitro benzene ring substituents is 1. The van der Waals surface area contributed by atoms with E-state index in [1.54, 1.807) is 12.1 Å². The van der Waals surface area contributed by atoms with E-state index in [0.717, 1.165) is 19.6 Å². The van der Waals surface area contributed by atoms with E-state index in [0.29, 0.717) is 23.6 Å². The first-order valence-corrected chi connectivity index (χ1v) is 8.55. The van der Waals surface area contributed by atoms with E-state index in [9.17, 15) is 14.9 Å². The molecule has 0 heterocycles. The summed E-state index contributed by atoms with van der Waals surface area (Å²) in [5.41, 5.74) is 0.852. The average molecular weight is 357 g/mol. The molecule has 0 aromatic heterocycles. The number of hydrogen-bond donors (Lipinski definition) is 1. The van der Waals surface area contributed by atoms with Crippen LogP contribution in [0.4, 0.5) is 11.4 Å². The van der Waals surface area contributed by atoms with E-state index in [1.807, 2.05) is 12.1 Å². The van der Waals surface area contributed by atoms with Crippen molar-refractivity contribution in [1.82, 2.24) is 4.90 Å². The number of rotatable bonds is 9. The number of nitrogens with one attached hydrogen (secondary N) is 1. The SMILES string of the molecule is CCN(CC)CCOc1ccccc1NC(=O)c1ccc([N+](=O)[O-])cc1. The zero-order valence-electron chi connectivity index (χ0n) is 15.0. The molecule has 0 atom stereocenters. The Balaban J connectivity index is 2.02. The second-order valence-corrected chi connectivity index (χ2v) is 5.63. The summed E-state index contributed by atoms with van der Waals surface area (Å²) < 4.78 is 5.81. The van der Waals surface area contributed by atoms with Gasteiger partial charge in [0.05, 0.1) is 10.6 Å². The molecule has 2 rings (SSSR count). The molecule has 0 unspecified atom stereocenters. The van der Waals surface area contributed by atoms with E-state index in [-0.39, 0.29) is 11.6 Å². The number of para-hydroxylation sites is 2. The fourth-order valence-electron chi connectivity index (χ4n) is 2.45. The molecule has 0 spiro atoms. The van der Waals surface area contributed by atoms with Crippen molar-refractivity contribution in [3.05, 3.63) is 64.2 Å². The molecule has 0 radical (unpaired) electrons. The Morgan fingerprint density at radius 2 is 1.77 bits per heavy atom. The quantitative estimate of drug-likeness (QED) is 0.548. The number of nitrogens with zero attached hydrogens (tertiary/aromatic N) is 2. The predicted molar refractivity (Wildman–Crippen MR) is 101 cm³/mol. The molecule has 1 N–H and O–H groups in total. The molecule has 0 fully saturated rings. The molecule has 138 valence electrons. The first kappa shape index (κ1) is 19.4. The summed E-state index contributed by atoms with van der Waals surface area (Å²) in [6.45, 7) is 7.43. The third-order valence-electron chi connectivity index (χ3n) is 4.04. The van der Waals surface area contributed by atoms with Crippen molar-refractivity contribution < 1.29 is 14.5 Å². The third kappa shape index (κ3) is 5.29.